The molecule has 5 heterocycles. The van der Waals surface area contributed by atoms with E-state index in [2.05, 4.69) is 142 Å². The molecular formula is C46H29N5. The number of aromatic nitrogens is 5. The zero-order valence-electron chi connectivity index (χ0n) is 27.5. The van der Waals surface area contributed by atoms with Crippen LogP contribution >= 0.6 is 0 Å². The summed E-state index contributed by atoms with van der Waals surface area (Å²) in [5.41, 5.74) is 12.5. The molecule has 5 aromatic carbocycles. The lowest BCUT2D eigenvalue weighted by Gasteiger charge is -2.14. The van der Waals surface area contributed by atoms with Crippen molar-refractivity contribution < 1.29 is 0 Å². The molecule has 0 saturated heterocycles. The highest BCUT2D eigenvalue weighted by atomic mass is 15.0. The van der Waals surface area contributed by atoms with Crippen LogP contribution in [0.5, 0.6) is 0 Å². The second-order valence-electron chi connectivity index (χ2n) is 12.7. The van der Waals surface area contributed by atoms with Crippen molar-refractivity contribution in [1.29, 1.82) is 0 Å². The number of pyridine rings is 4. The van der Waals surface area contributed by atoms with Gasteiger partial charge in [-0.2, -0.15) is 0 Å². The Bertz CT molecular complexity index is 2840. The van der Waals surface area contributed by atoms with Crippen molar-refractivity contribution in [3.05, 3.63) is 176 Å². The van der Waals surface area contributed by atoms with E-state index in [4.69, 9.17) is 9.97 Å². The first-order chi connectivity index (χ1) is 25.3. The number of benzene rings is 5. The second-order valence-corrected chi connectivity index (χ2v) is 12.7. The molecule has 0 bridgehead atoms. The van der Waals surface area contributed by atoms with Crippen LogP contribution in [0.15, 0.2) is 176 Å². The van der Waals surface area contributed by atoms with Gasteiger partial charge in [0.25, 0.3) is 0 Å². The summed E-state index contributed by atoms with van der Waals surface area (Å²) in [4.78, 5) is 18.9. The summed E-state index contributed by atoms with van der Waals surface area (Å²) < 4.78 is 2.38. The van der Waals surface area contributed by atoms with Gasteiger partial charge in [0.05, 0.1) is 33.6 Å². The summed E-state index contributed by atoms with van der Waals surface area (Å²) in [6.45, 7) is 0. The van der Waals surface area contributed by atoms with Crippen LogP contribution in [0.3, 0.4) is 0 Å². The van der Waals surface area contributed by atoms with E-state index in [9.17, 15) is 0 Å². The van der Waals surface area contributed by atoms with Crippen LogP contribution in [0.25, 0.3) is 94.1 Å². The van der Waals surface area contributed by atoms with Gasteiger partial charge in [-0.05, 0) is 83.9 Å². The van der Waals surface area contributed by atoms with Crippen molar-refractivity contribution in [1.82, 2.24) is 24.5 Å². The molecule has 0 atom stereocenters. The van der Waals surface area contributed by atoms with Crippen LogP contribution < -0.4 is 0 Å². The average Bonchev–Trinajstić information content (AvgIpc) is 3.56. The Kier molecular flexibility index (Phi) is 6.74. The third-order valence-electron chi connectivity index (χ3n) is 9.76. The van der Waals surface area contributed by atoms with Crippen molar-refractivity contribution in [3.8, 4) is 50.6 Å². The third kappa shape index (κ3) is 4.86. The topological polar surface area (TPSA) is 56.5 Å². The molecule has 0 unspecified atom stereocenters. The Morgan fingerprint density at radius 1 is 0.373 bits per heavy atom. The van der Waals surface area contributed by atoms with E-state index in [0.717, 1.165) is 66.9 Å². The van der Waals surface area contributed by atoms with Crippen molar-refractivity contribution in [2.75, 3.05) is 0 Å². The molecule has 51 heavy (non-hydrogen) atoms. The van der Waals surface area contributed by atoms with Crippen molar-refractivity contribution in [3.63, 3.8) is 0 Å². The minimum Gasteiger partial charge on any atom is -0.309 e. The fourth-order valence-electron chi connectivity index (χ4n) is 7.46. The van der Waals surface area contributed by atoms with E-state index >= 15 is 0 Å². The van der Waals surface area contributed by atoms with Gasteiger partial charge >= 0.3 is 0 Å². The summed E-state index contributed by atoms with van der Waals surface area (Å²) in [7, 11) is 0. The number of para-hydroxylation sites is 3. The predicted octanol–water partition coefficient (Wildman–Crippen LogP) is 11.3. The van der Waals surface area contributed by atoms with Gasteiger partial charge in [-0.25, -0.2) is 9.97 Å². The number of hydrogen-bond acceptors (Lipinski definition) is 4. The summed E-state index contributed by atoms with van der Waals surface area (Å²) in [6.07, 6.45) is 7.23. The molecular weight excluding hydrogens is 623 g/mol. The molecule has 0 fully saturated rings. The maximum Gasteiger partial charge on any atom is 0.0788 e. The molecule has 5 nitrogen and oxygen atoms in total. The van der Waals surface area contributed by atoms with Crippen LogP contribution in [0.4, 0.5) is 0 Å². The Morgan fingerprint density at radius 3 is 1.76 bits per heavy atom. The summed E-state index contributed by atoms with van der Waals surface area (Å²) >= 11 is 0. The zero-order valence-corrected chi connectivity index (χ0v) is 27.5. The molecule has 0 radical (unpaired) electrons. The molecule has 238 valence electrons. The first-order valence-electron chi connectivity index (χ1n) is 17.0. The Morgan fingerprint density at radius 2 is 1.02 bits per heavy atom. The van der Waals surface area contributed by atoms with Gasteiger partial charge in [0, 0.05) is 74.1 Å². The van der Waals surface area contributed by atoms with E-state index in [0.29, 0.717) is 0 Å². The van der Waals surface area contributed by atoms with Crippen molar-refractivity contribution >= 4 is 43.5 Å². The van der Waals surface area contributed by atoms with Crippen LogP contribution in [0.2, 0.25) is 0 Å². The van der Waals surface area contributed by atoms with Gasteiger partial charge in [0.1, 0.15) is 0 Å². The second kappa shape index (κ2) is 11.9. The molecule has 10 rings (SSSR count). The van der Waals surface area contributed by atoms with Crippen molar-refractivity contribution in [2.24, 2.45) is 0 Å². The van der Waals surface area contributed by atoms with Crippen LogP contribution in [0.1, 0.15) is 0 Å². The third-order valence-corrected chi connectivity index (χ3v) is 9.76. The van der Waals surface area contributed by atoms with E-state index in [1.807, 2.05) is 24.3 Å². The smallest absolute Gasteiger partial charge is 0.0788 e. The SMILES string of the molecule is c1ccc(-n2c3ccccc3c3c4c(ccc32)c(-c2cccc(-c3cc(-c5ccncc5)nc(-c5ccncc5)c3)c2)nc2ccccc24)cc1. The fourth-order valence-corrected chi connectivity index (χ4v) is 7.46. The highest BCUT2D eigenvalue weighted by Crippen LogP contribution is 2.43. The summed E-state index contributed by atoms with van der Waals surface area (Å²) in [5, 5.41) is 5.95. The molecule has 0 spiro atoms. The van der Waals surface area contributed by atoms with Crippen molar-refractivity contribution in [2.45, 2.75) is 0 Å². The largest absolute Gasteiger partial charge is 0.309 e. The molecule has 10 aromatic rings. The monoisotopic (exact) mass is 651 g/mol. The lowest BCUT2D eigenvalue weighted by molar-refractivity contribution is 1.18. The van der Waals surface area contributed by atoms with Gasteiger partial charge in [-0.15, -0.1) is 0 Å². The van der Waals surface area contributed by atoms with Crippen LogP contribution in [-0.4, -0.2) is 24.5 Å². The Labute approximate surface area is 294 Å². The van der Waals surface area contributed by atoms with Gasteiger partial charge in [0.2, 0.25) is 0 Å². The Hall–Kier alpha value is -6.98. The predicted molar refractivity (Wildman–Crippen MR) is 209 cm³/mol. The van der Waals surface area contributed by atoms with Gasteiger partial charge < -0.3 is 4.57 Å². The molecule has 5 heteroatoms. The number of hydrogen-bond donors (Lipinski definition) is 0. The summed E-state index contributed by atoms with van der Waals surface area (Å²) in [6, 6.07) is 53.4. The number of nitrogens with zero attached hydrogens (tertiary/aromatic N) is 5. The standard InChI is InChI=1S/C46H29N5/c1-2-11-35(12-3-1)51-42-16-7-5-14-37(42)45-43(51)18-17-38-44(45)36-13-4-6-15-39(36)50-46(38)33-10-8-9-32(27-33)34-28-40(30-19-23-47-24-20-30)49-41(29-34)31-21-25-48-26-22-31/h1-29H. The first-order valence-corrected chi connectivity index (χ1v) is 17.0. The maximum absolute atomic E-state index is 5.36. The van der Waals surface area contributed by atoms with E-state index in [-0.39, 0.29) is 0 Å². The highest BCUT2D eigenvalue weighted by molar-refractivity contribution is 6.29. The molecule has 0 aliphatic heterocycles. The molecule has 0 aliphatic rings. The highest BCUT2D eigenvalue weighted by Gasteiger charge is 2.19. The molecule has 0 aliphatic carbocycles. The van der Waals surface area contributed by atoms with Crippen LogP contribution in [-0.2, 0) is 0 Å². The maximum atomic E-state index is 5.36. The summed E-state index contributed by atoms with van der Waals surface area (Å²) in [5.74, 6) is 0. The van der Waals surface area contributed by atoms with E-state index < -0.39 is 0 Å². The molecule has 5 aromatic heterocycles. The fraction of sp³-hybridized carbons (Fsp3) is 0. The van der Waals surface area contributed by atoms with Gasteiger partial charge in [-0.1, -0.05) is 78.9 Å². The molecule has 0 saturated carbocycles. The van der Waals surface area contributed by atoms with E-state index in [1.165, 1.54) is 27.2 Å². The minimum absolute atomic E-state index is 0.888. The normalized spacial score (nSPS) is 11.5. The van der Waals surface area contributed by atoms with E-state index in [1.54, 1.807) is 24.8 Å². The molecule has 0 amide bonds. The lowest BCUT2D eigenvalue weighted by Crippen LogP contribution is -1.94. The zero-order chi connectivity index (χ0) is 33.7. The quantitative estimate of drug-likeness (QED) is 0.174. The minimum atomic E-state index is 0.888. The van der Waals surface area contributed by atoms with Gasteiger partial charge in [-0.3, -0.25) is 9.97 Å². The lowest BCUT2D eigenvalue weighted by atomic mass is 9.94. The number of rotatable bonds is 5. The van der Waals surface area contributed by atoms with Gasteiger partial charge in [0.15, 0.2) is 0 Å². The first kappa shape index (κ1) is 29.0. The molecule has 0 N–H and O–H groups in total. The average molecular weight is 652 g/mol. The Balaban J connectivity index is 1.22. The van der Waals surface area contributed by atoms with Crippen LogP contribution in [0, 0.1) is 0 Å². The number of fused-ring (bicyclic) bond motifs is 7.